The minimum absolute atomic E-state index is 0.277. The standard InChI is InChI=1S/C11H8N2O4S/c1-15-6-3-9-8(16-11(14)18-9)2-5(6)7-4-10(12)13-17-7/h2-4H,1H3,(H2,12,13). The van der Waals surface area contributed by atoms with Gasteiger partial charge >= 0.3 is 4.94 Å². The lowest BCUT2D eigenvalue weighted by Gasteiger charge is -2.04. The van der Waals surface area contributed by atoms with Crippen LogP contribution in [-0.2, 0) is 0 Å². The first-order chi connectivity index (χ1) is 8.67. The van der Waals surface area contributed by atoms with E-state index in [4.69, 9.17) is 19.4 Å². The SMILES string of the molecule is COc1cc2sc(=O)oc2cc1-c1cc(N)no1. The van der Waals surface area contributed by atoms with Crippen molar-refractivity contribution in [1.29, 1.82) is 0 Å². The number of ether oxygens (including phenoxy) is 1. The number of benzene rings is 1. The van der Waals surface area contributed by atoms with Crippen LogP contribution in [0.5, 0.6) is 5.75 Å². The molecule has 3 aromatic rings. The van der Waals surface area contributed by atoms with Crippen LogP contribution < -0.4 is 15.4 Å². The molecule has 2 heterocycles. The number of anilines is 1. The van der Waals surface area contributed by atoms with E-state index < -0.39 is 0 Å². The molecule has 0 aliphatic rings. The summed E-state index contributed by atoms with van der Waals surface area (Å²) >= 11 is 1.02. The third-order valence-electron chi connectivity index (χ3n) is 2.45. The Morgan fingerprint density at radius 1 is 1.39 bits per heavy atom. The molecule has 2 N–H and O–H groups in total. The summed E-state index contributed by atoms with van der Waals surface area (Å²) in [5.41, 5.74) is 6.62. The highest BCUT2D eigenvalue weighted by atomic mass is 32.1. The van der Waals surface area contributed by atoms with Crippen molar-refractivity contribution in [2.75, 3.05) is 12.8 Å². The van der Waals surface area contributed by atoms with Crippen LogP contribution in [0.2, 0.25) is 0 Å². The Balaban J connectivity index is 2.29. The van der Waals surface area contributed by atoms with Gasteiger partial charge in [0, 0.05) is 12.1 Å². The van der Waals surface area contributed by atoms with Crippen molar-refractivity contribution in [3.63, 3.8) is 0 Å². The number of rotatable bonds is 2. The Hall–Kier alpha value is -2.28. The zero-order valence-electron chi connectivity index (χ0n) is 9.30. The predicted octanol–water partition coefficient (Wildman–Crippen LogP) is 2.10. The molecule has 0 saturated carbocycles. The lowest BCUT2D eigenvalue weighted by Crippen LogP contribution is -1.86. The molecule has 0 aliphatic carbocycles. The lowest BCUT2D eigenvalue weighted by atomic mass is 10.1. The molecule has 18 heavy (non-hydrogen) atoms. The van der Waals surface area contributed by atoms with Crippen molar-refractivity contribution in [1.82, 2.24) is 5.16 Å². The number of hydrogen-bond donors (Lipinski definition) is 1. The average Bonchev–Trinajstić information content (AvgIpc) is 2.91. The van der Waals surface area contributed by atoms with Crippen molar-refractivity contribution in [3.8, 4) is 17.1 Å². The van der Waals surface area contributed by atoms with Crippen molar-refractivity contribution >= 4 is 27.4 Å². The maximum absolute atomic E-state index is 11.2. The number of aromatic nitrogens is 1. The number of nitrogens with zero attached hydrogens (tertiary/aromatic N) is 1. The van der Waals surface area contributed by atoms with Crippen LogP contribution in [0.4, 0.5) is 5.82 Å². The Labute approximate surface area is 105 Å². The smallest absolute Gasteiger partial charge is 0.396 e. The maximum Gasteiger partial charge on any atom is 0.396 e. The summed E-state index contributed by atoms with van der Waals surface area (Å²) in [7, 11) is 1.53. The third-order valence-corrected chi connectivity index (χ3v) is 3.24. The van der Waals surface area contributed by atoms with Crippen molar-refractivity contribution in [2.45, 2.75) is 0 Å². The molecule has 6 nitrogen and oxygen atoms in total. The van der Waals surface area contributed by atoms with Gasteiger partial charge in [0.2, 0.25) is 0 Å². The van der Waals surface area contributed by atoms with Crippen LogP contribution in [-0.4, -0.2) is 12.3 Å². The first-order valence-corrected chi connectivity index (χ1v) is 5.83. The van der Waals surface area contributed by atoms with Crippen LogP contribution in [0.3, 0.4) is 0 Å². The molecule has 92 valence electrons. The molecule has 0 bridgehead atoms. The van der Waals surface area contributed by atoms with Crippen molar-refractivity contribution < 1.29 is 13.7 Å². The summed E-state index contributed by atoms with van der Waals surface area (Å²) in [6.07, 6.45) is 0. The molecule has 3 rings (SSSR count). The van der Waals surface area contributed by atoms with E-state index in [0.29, 0.717) is 27.4 Å². The molecule has 0 atom stereocenters. The maximum atomic E-state index is 11.2. The second-order valence-corrected chi connectivity index (χ2v) is 4.55. The number of hydrogen-bond acceptors (Lipinski definition) is 7. The van der Waals surface area contributed by atoms with E-state index in [0.717, 1.165) is 11.3 Å². The summed E-state index contributed by atoms with van der Waals surface area (Å²) in [5.74, 6) is 1.30. The van der Waals surface area contributed by atoms with Gasteiger partial charge in [-0.25, -0.2) is 4.79 Å². The van der Waals surface area contributed by atoms with Gasteiger partial charge < -0.3 is 19.4 Å². The van der Waals surface area contributed by atoms with E-state index in [2.05, 4.69) is 5.16 Å². The van der Waals surface area contributed by atoms with Crippen LogP contribution in [0.25, 0.3) is 21.6 Å². The van der Waals surface area contributed by atoms with Gasteiger partial charge in [-0.15, -0.1) is 0 Å². The summed E-state index contributed by atoms with van der Waals surface area (Å²) in [5, 5.41) is 3.61. The van der Waals surface area contributed by atoms with E-state index in [1.54, 1.807) is 18.2 Å². The van der Waals surface area contributed by atoms with Gasteiger partial charge in [0.05, 0.1) is 17.4 Å². The summed E-state index contributed by atoms with van der Waals surface area (Å²) in [6.45, 7) is 0. The van der Waals surface area contributed by atoms with Gasteiger partial charge in [-0.3, -0.25) is 0 Å². The highest BCUT2D eigenvalue weighted by Crippen LogP contribution is 2.35. The van der Waals surface area contributed by atoms with Crippen LogP contribution in [0.15, 0.2) is 31.9 Å². The van der Waals surface area contributed by atoms with Gasteiger partial charge in [0.25, 0.3) is 0 Å². The number of methoxy groups -OCH3 is 1. The minimum atomic E-state index is -0.360. The van der Waals surface area contributed by atoms with Crippen LogP contribution >= 0.6 is 11.3 Å². The van der Waals surface area contributed by atoms with E-state index in [-0.39, 0.29) is 10.8 Å². The number of fused-ring (bicyclic) bond motifs is 1. The van der Waals surface area contributed by atoms with Crippen molar-refractivity contribution in [2.24, 2.45) is 0 Å². The monoisotopic (exact) mass is 264 g/mol. The quantitative estimate of drug-likeness (QED) is 0.762. The minimum Gasteiger partial charge on any atom is -0.496 e. The van der Waals surface area contributed by atoms with Gasteiger partial charge in [-0.05, 0) is 6.07 Å². The number of nitrogens with two attached hydrogens (primary N) is 1. The average molecular weight is 264 g/mol. The van der Waals surface area contributed by atoms with Gasteiger partial charge in [-0.2, -0.15) is 0 Å². The Morgan fingerprint density at radius 2 is 2.22 bits per heavy atom. The fourth-order valence-corrected chi connectivity index (χ4v) is 2.36. The van der Waals surface area contributed by atoms with Crippen molar-refractivity contribution in [3.05, 3.63) is 27.9 Å². The fraction of sp³-hybridized carbons (Fsp3) is 0.0909. The second kappa shape index (κ2) is 3.88. The van der Waals surface area contributed by atoms with Gasteiger partial charge in [0.1, 0.15) is 5.75 Å². The zero-order valence-corrected chi connectivity index (χ0v) is 10.1. The van der Waals surface area contributed by atoms with Crippen LogP contribution in [0.1, 0.15) is 0 Å². The molecule has 0 spiro atoms. The molecule has 1 aromatic carbocycles. The molecule has 0 fully saturated rings. The first-order valence-electron chi connectivity index (χ1n) is 5.01. The molecular weight excluding hydrogens is 256 g/mol. The molecule has 0 unspecified atom stereocenters. The molecule has 0 radical (unpaired) electrons. The number of nitrogen functional groups attached to an aromatic ring is 1. The summed E-state index contributed by atoms with van der Waals surface area (Å²) in [4.78, 5) is 10.8. The normalized spacial score (nSPS) is 10.9. The Bertz CT molecular complexity index is 771. The topological polar surface area (TPSA) is 91.5 Å². The third kappa shape index (κ3) is 1.65. The zero-order chi connectivity index (χ0) is 12.7. The molecule has 2 aromatic heterocycles. The predicted molar refractivity (Wildman–Crippen MR) is 66.8 cm³/mol. The largest absolute Gasteiger partial charge is 0.496 e. The van der Waals surface area contributed by atoms with Gasteiger partial charge in [-0.1, -0.05) is 16.5 Å². The van der Waals surface area contributed by atoms with E-state index in [9.17, 15) is 4.79 Å². The second-order valence-electron chi connectivity index (χ2n) is 3.57. The first kappa shape index (κ1) is 10.8. The Morgan fingerprint density at radius 3 is 2.89 bits per heavy atom. The highest BCUT2D eigenvalue weighted by molar-refractivity contribution is 7.16. The molecule has 0 saturated heterocycles. The highest BCUT2D eigenvalue weighted by Gasteiger charge is 2.15. The molecule has 0 amide bonds. The Kier molecular flexibility index (Phi) is 2.34. The lowest BCUT2D eigenvalue weighted by molar-refractivity contribution is 0.407. The summed E-state index contributed by atoms with van der Waals surface area (Å²) < 4.78 is 16.1. The molecule has 0 aliphatic heterocycles. The van der Waals surface area contributed by atoms with Crippen LogP contribution in [0, 0.1) is 0 Å². The van der Waals surface area contributed by atoms with E-state index in [1.165, 1.54) is 7.11 Å². The van der Waals surface area contributed by atoms with E-state index >= 15 is 0 Å². The summed E-state index contributed by atoms with van der Waals surface area (Å²) in [6, 6.07) is 4.97. The van der Waals surface area contributed by atoms with Gasteiger partial charge in [0.15, 0.2) is 17.2 Å². The van der Waals surface area contributed by atoms with E-state index in [1.807, 2.05) is 0 Å². The molecule has 7 heteroatoms. The molecular formula is C11H8N2O4S. The fourth-order valence-electron chi connectivity index (χ4n) is 1.68.